The molecule has 17 heavy (non-hydrogen) atoms. The molecular formula is C13H22FN3. The number of anilines is 1. The zero-order valence-electron chi connectivity index (χ0n) is 11.2. The molecule has 1 aliphatic heterocycles. The molecule has 0 aliphatic carbocycles. The van der Waals surface area contributed by atoms with E-state index in [1.165, 1.54) is 0 Å². The van der Waals surface area contributed by atoms with E-state index in [4.69, 9.17) is 0 Å². The van der Waals surface area contributed by atoms with Crippen molar-refractivity contribution in [2.24, 2.45) is 0 Å². The average Bonchev–Trinajstić information content (AvgIpc) is 2.33. The van der Waals surface area contributed by atoms with Crippen LogP contribution in [-0.2, 0) is 0 Å². The predicted octanol–water partition coefficient (Wildman–Crippen LogP) is 2.31. The van der Waals surface area contributed by atoms with Gasteiger partial charge in [-0.3, -0.25) is 0 Å². The molecule has 0 aromatic carbocycles. The van der Waals surface area contributed by atoms with Gasteiger partial charge >= 0.3 is 0 Å². The maximum absolute atomic E-state index is 13.6. The summed E-state index contributed by atoms with van der Waals surface area (Å²) >= 11 is 0. The number of aromatic nitrogens is 1. The number of likely N-dealkylation sites (N-methyl/N-ethyl adjacent to an activating group) is 1. The van der Waals surface area contributed by atoms with Crippen LogP contribution in [-0.4, -0.2) is 43.1 Å². The van der Waals surface area contributed by atoms with Gasteiger partial charge in [0.05, 0.1) is 0 Å². The summed E-state index contributed by atoms with van der Waals surface area (Å²) in [4.78, 5) is 8.41. The van der Waals surface area contributed by atoms with Crippen LogP contribution in [0.2, 0.25) is 0 Å². The fourth-order valence-corrected chi connectivity index (χ4v) is 1.78. The van der Waals surface area contributed by atoms with E-state index >= 15 is 0 Å². The van der Waals surface area contributed by atoms with Crippen molar-refractivity contribution in [3.05, 3.63) is 23.6 Å². The van der Waals surface area contributed by atoms with E-state index in [0.29, 0.717) is 5.82 Å². The molecule has 1 saturated heterocycles. The number of halogens is 1. The third-order valence-corrected chi connectivity index (χ3v) is 2.76. The number of hydrogen-bond donors (Lipinski definition) is 0. The Kier molecular flexibility index (Phi) is 5.35. The number of pyridine rings is 1. The van der Waals surface area contributed by atoms with Gasteiger partial charge in [-0.1, -0.05) is 13.8 Å². The molecule has 0 bridgehead atoms. The van der Waals surface area contributed by atoms with Gasteiger partial charge in [0, 0.05) is 32.4 Å². The highest BCUT2D eigenvalue weighted by Crippen LogP contribution is 2.18. The first-order valence-corrected chi connectivity index (χ1v) is 6.22. The smallest absolute Gasteiger partial charge is 0.165 e. The zero-order valence-corrected chi connectivity index (χ0v) is 11.2. The Morgan fingerprint density at radius 3 is 2.29 bits per heavy atom. The van der Waals surface area contributed by atoms with Crippen molar-refractivity contribution in [3.63, 3.8) is 0 Å². The summed E-state index contributed by atoms with van der Waals surface area (Å²) in [6.07, 6.45) is 1.72. The Hall–Kier alpha value is -1.16. The van der Waals surface area contributed by atoms with Crippen LogP contribution < -0.4 is 4.90 Å². The van der Waals surface area contributed by atoms with Gasteiger partial charge < -0.3 is 9.80 Å². The molecule has 0 saturated carbocycles. The zero-order chi connectivity index (χ0) is 12.8. The average molecular weight is 239 g/mol. The summed E-state index contributed by atoms with van der Waals surface area (Å²) in [5.41, 5.74) is 0.866. The van der Waals surface area contributed by atoms with Crippen LogP contribution in [0.1, 0.15) is 19.4 Å². The van der Waals surface area contributed by atoms with Crippen molar-refractivity contribution in [2.75, 3.05) is 38.1 Å². The van der Waals surface area contributed by atoms with Crippen LogP contribution in [0.25, 0.3) is 0 Å². The maximum Gasteiger partial charge on any atom is 0.165 e. The minimum absolute atomic E-state index is 0.209. The van der Waals surface area contributed by atoms with Gasteiger partial charge in [0.25, 0.3) is 0 Å². The minimum Gasteiger partial charge on any atom is -0.352 e. The van der Waals surface area contributed by atoms with E-state index in [0.717, 1.165) is 31.7 Å². The van der Waals surface area contributed by atoms with Gasteiger partial charge in [0.1, 0.15) is 0 Å². The lowest BCUT2D eigenvalue weighted by Crippen LogP contribution is -2.45. The fourth-order valence-electron chi connectivity index (χ4n) is 1.78. The van der Waals surface area contributed by atoms with Crippen molar-refractivity contribution >= 4 is 5.82 Å². The monoisotopic (exact) mass is 239 g/mol. The van der Waals surface area contributed by atoms with Gasteiger partial charge in [-0.05, 0) is 25.6 Å². The predicted molar refractivity (Wildman–Crippen MR) is 70.0 cm³/mol. The Morgan fingerprint density at radius 2 is 1.76 bits per heavy atom. The largest absolute Gasteiger partial charge is 0.352 e. The van der Waals surface area contributed by atoms with E-state index in [1.54, 1.807) is 12.3 Å². The lowest BCUT2D eigenvalue weighted by molar-refractivity contribution is 0.310. The number of aryl methyl sites for hydroxylation is 1. The molecule has 0 spiro atoms. The second-order valence-electron chi connectivity index (χ2n) is 4.11. The van der Waals surface area contributed by atoms with E-state index in [2.05, 4.69) is 16.9 Å². The van der Waals surface area contributed by atoms with E-state index in [1.807, 2.05) is 25.7 Å². The molecule has 0 amide bonds. The molecular weight excluding hydrogens is 217 g/mol. The van der Waals surface area contributed by atoms with Crippen molar-refractivity contribution in [2.45, 2.75) is 20.8 Å². The highest BCUT2D eigenvalue weighted by Gasteiger charge is 2.18. The van der Waals surface area contributed by atoms with Crippen LogP contribution in [0, 0.1) is 12.7 Å². The lowest BCUT2D eigenvalue weighted by atomic mass is 10.2. The van der Waals surface area contributed by atoms with Crippen LogP contribution >= 0.6 is 0 Å². The van der Waals surface area contributed by atoms with Gasteiger partial charge in [0.15, 0.2) is 11.6 Å². The van der Waals surface area contributed by atoms with Crippen molar-refractivity contribution < 1.29 is 4.39 Å². The summed E-state index contributed by atoms with van der Waals surface area (Å²) < 4.78 is 13.6. The third-order valence-electron chi connectivity index (χ3n) is 2.76. The summed E-state index contributed by atoms with van der Waals surface area (Å²) in [6, 6.07) is 1.54. The molecule has 2 heterocycles. The highest BCUT2D eigenvalue weighted by atomic mass is 19.1. The number of hydrogen-bond acceptors (Lipinski definition) is 3. The van der Waals surface area contributed by atoms with Crippen molar-refractivity contribution in [1.29, 1.82) is 0 Å². The number of rotatable bonds is 1. The Morgan fingerprint density at radius 1 is 1.18 bits per heavy atom. The quantitative estimate of drug-likeness (QED) is 0.749. The van der Waals surface area contributed by atoms with Crippen LogP contribution in [0.4, 0.5) is 10.2 Å². The van der Waals surface area contributed by atoms with Gasteiger partial charge in [-0.25, -0.2) is 9.37 Å². The molecule has 3 nitrogen and oxygen atoms in total. The van der Waals surface area contributed by atoms with E-state index < -0.39 is 0 Å². The fraction of sp³-hybridized carbons (Fsp3) is 0.615. The maximum atomic E-state index is 13.6. The molecule has 0 atom stereocenters. The second-order valence-corrected chi connectivity index (χ2v) is 4.11. The molecule has 2 rings (SSSR count). The molecule has 1 aliphatic rings. The van der Waals surface area contributed by atoms with Gasteiger partial charge in [-0.15, -0.1) is 0 Å². The Labute approximate surface area is 103 Å². The number of piperazine rings is 1. The third kappa shape index (κ3) is 3.66. The first-order valence-electron chi connectivity index (χ1n) is 6.22. The van der Waals surface area contributed by atoms with E-state index in [-0.39, 0.29) is 5.82 Å². The molecule has 1 aromatic heterocycles. The second kappa shape index (κ2) is 6.55. The Bertz CT molecular complexity index is 347. The molecule has 0 radical (unpaired) electrons. The first kappa shape index (κ1) is 13.9. The first-order chi connectivity index (χ1) is 8.16. The van der Waals surface area contributed by atoms with Gasteiger partial charge in [-0.2, -0.15) is 0 Å². The highest BCUT2D eigenvalue weighted by molar-refractivity contribution is 5.41. The van der Waals surface area contributed by atoms with Crippen LogP contribution in [0.3, 0.4) is 0 Å². The van der Waals surface area contributed by atoms with Crippen molar-refractivity contribution in [3.8, 4) is 0 Å². The summed E-state index contributed by atoms with van der Waals surface area (Å²) in [7, 11) is 2.08. The SMILES string of the molecule is CC.Cc1cnc(N2CCN(C)CC2)c(F)c1. The minimum atomic E-state index is -0.209. The standard InChI is InChI=1S/C11H16FN3.C2H6/c1-9-7-10(12)11(13-8-9)15-5-3-14(2)4-6-15;1-2/h7-8H,3-6H2,1-2H3;1-2H3. The van der Waals surface area contributed by atoms with E-state index in [9.17, 15) is 4.39 Å². The molecule has 4 heteroatoms. The van der Waals surface area contributed by atoms with Crippen LogP contribution in [0.5, 0.6) is 0 Å². The summed E-state index contributed by atoms with van der Waals surface area (Å²) in [6.45, 7) is 9.49. The molecule has 96 valence electrons. The lowest BCUT2D eigenvalue weighted by Gasteiger charge is -2.33. The summed E-state index contributed by atoms with van der Waals surface area (Å²) in [5.74, 6) is 0.285. The van der Waals surface area contributed by atoms with Gasteiger partial charge in [0.2, 0.25) is 0 Å². The van der Waals surface area contributed by atoms with Crippen molar-refractivity contribution in [1.82, 2.24) is 9.88 Å². The molecule has 1 fully saturated rings. The topological polar surface area (TPSA) is 19.4 Å². The molecule has 1 aromatic rings. The normalized spacial score (nSPS) is 16.4. The molecule has 0 N–H and O–H groups in total. The number of nitrogens with zero attached hydrogens (tertiary/aromatic N) is 3. The Balaban J connectivity index is 0.000000686. The molecule has 0 unspecified atom stereocenters. The van der Waals surface area contributed by atoms with Crippen LogP contribution in [0.15, 0.2) is 12.3 Å². The summed E-state index contributed by atoms with van der Waals surface area (Å²) in [5, 5.41) is 0.